The minimum atomic E-state index is -1.14. The van der Waals surface area contributed by atoms with Crippen LogP contribution in [0.2, 0.25) is 0 Å². The molecular formula is C12H14N2O5S. The van der Waals surface area contributed by atoms with Crippen LogP contribution in [-0.4, -0.2) is 46.2 Å². The van der Waals surface area contributed by atoms with E-state index < -0.39 is 23.3 Å². The van der Waals surface area contributed by atoms with Gasteiger partial charge in [0.05, 0.1) is 10.5 Å². The van der Waals surface area contributed by atoms with Crippen LogP contribution in [-0.2, 0) is 4.79 Å². The zero-order valence-electron chi connectivity index (χ0n) is 11.0. The summed E-state index contributed by atoms with van der Waals surface area (Å²) in [6, 6.07) is 4.01. The van der Waals surface area contributed by atoms with Crippen molar-refractivity contribution in [2.45, 2.75) is 11.8 Å². The molecule has 0 spiro atoms. The molecule has 0 bridgehead atoms. The lowest BCUT2D eigenvalue weighted by Gasteiger charge is -2.16. The Morgan fingerprint density at radius 3 is 2.60 bits per heavy atom. The number of carboxylic acid groups (broad SMARTS) is 1. The fraction of sp³-hybridized carbons (Fsp3) is 0.333. The van der Waals surface area contributed by atoms with Gasteiger partial charge in [0.1, 0.15) is 6.54 Å². The fourth-order valence-electron chi connectivity index (χ4n) is 1.56. The van der Waals surface area contributed by atoms with Gasteiger partial charge in [-0.25, -0.2) is 0 Å². The van der Waals surface area contributed by atoms with E-state index in [0.29, 0.717) is 10.6 Å². The number of nitro benzene ring substituents is 1. The number of carbonyl (C=O) groups excluding carboxylic acids is 1. The Bertz CT molecular complexity index is 547. The monoisotopic (exact) mass is 298 g/mol. The van der Waals surface area contributed by atoms with E-state index in [2.05, 4.69) is 0 Å². The second kappa shape index (κ2) is 6.90. The van der Waals surface area contributed by atoms with Crippen LogP contribution < -0.4 is 0 Å². The molecule has 0 unspecified atom stereocenters. The van der Waals surface area contributed by atoms with Gasteiger partial charge in [0, 0.05) is 24.1 Å². The van der Waals surface area contributed by atoms with Crippen LogP contribution in [0.15, 0.2) is 23.1 Å². The van der Waals surface area contributed by atoms with Gasteiger partial charge in [0.15, 0.2) is 0 Å². The van der Waals surface area contributed by atoms with Crippen molar-refractivity contribution < 1.29 is 19.6 Å². The van der Waals surface area contributed by atoms with Crippen molar-refractivity contribution in [1.29, 1.82) is 0 Å². The predicted molar refractivity (Wildman–Crippen MR) is 74.1 cm³/mol. The topological polar surface area (TPSA) is 101 Å². The molecule has 0 aliphatic rings. The molecular weight excluding hydrogens is 284 g/mol. The smallest absolute Gasteiger partial charge is 0.323 e. The Balaban J connectivity index is 3.17. The highest BCUT2D eigenvalue weighted by molar-refractivity contribution is 7.99. The number of non-ortho nitro benzene ring substituents is 1. The van der Waals surface area contributed by atoms with Gasteiger partial charge in [-0.05, 0) is 11.8 Å². The Morgan fingerprint density at radius 2 is 2.10 bits per heavy atom. The number of carbonyl (C=O) groups is 2. The maximum Gasteiger partial charge on any atom is 0.323 e. The molecule has 1 amide bonds. The van der Waals surface area contributed by atoms with Crippen LogP contribution in [0.5, 0.6) is 0 Å². The number of rotatable bonds is 6. The van der Waals surface area contributed by atoms with E-state index in [4.69, 9.17) is 5.11 Å². The summed E-state index contributed by atoms with van der Waals surface area (Å²) in [6.07, 6.45) is 0. The highest BCUT2D eigenvalue weighted by Crippen LogP contribution is 2.27. The zero-order valence-corrected chi connectivity index (χ0v) is 11.8. The van der Waals surface area contributed by atoms with Gasteiger partial charge in [0.25, 0.3) is 11.6 Å². The van der Waals surface area contributed by atoms with E-state index >= 15 is 0 Å². The molecule has 0 aliphatic carbocycles. The highest BCUT2D eigenvalue weighted by atomic mass is 32.2. The lowest BCUT2D eigenvalue weighted by molar-refractivity contribution is -0.384. The molecule has 0 saturated heterocycles. The van der Waals surface area contributed by atoms with Crippen LogP contribution in [0.1, 0.15) is 17.3 Å². The van der Waals surface area contributed by atoms with E-state index in [1.54, 1.807) is 0 Å². The Labute approximate surface area is 119 Å². The third-order valence-corrected chi connectivity index (χ3v) is 3.38. The van der Waals surface area contributed by atoms with Crippen molar-refractivity contribution in [3.8, 4) is 0 Å². The minimum absolute atomic E-state index is 0.148. The Hall–Kier alpha value is -2.09. The molecule has 0 aromatic heterocycles. The fourth-order valence-corrected chi connectivity index (χ4v) is 2.34. The average Bonchev–Trinajstić information content (AvgIpc) is 2.37. The van der Waals surface area contributed by atoms with Gasteiger partial charge < -0.3 is 10.0 Å². The van der Waals surface area contributed by atoms with Crippen LogP contribution in [0.4, 0.5) is 5.69 Å². The SMILES string of the molecule is CCSc1ccc([N+](=O)[O-])cc1C(=O)N(C)CC(=O)O. The molecule has 8 heteroatoms. The molecule has 0 saturated carbocycles. The van der Waals surface area contributed by atoms with E-state index in [-0.39, 0.29) is 11.3 Å². The number of benzene rings is 1. The first kappa shape index (κ1) is 16.0. The third-order valence-electron chi connectivity index (χ3n) is 2.42. The van der Waals surface area contributed by atoms with Crippen molar-refractivity contribution in [3.05, 3.63) is 33.9 Å². The summed E-state index contributed by atoms with van der Waals surface area (Å²) < 4.78 is 0. The molecule has 1 aromatic rings. The Morgan fingerprint density at radius 1 is 1.45 bits per heavy atom. The first-order valence-corrected chi connectivity index (χ1v) is 6.73. The predicted octanol–water partition coefficient (Wildman–Crippen LogP) is 1.86. The zero-order chi connectivity index (χ0) is 15.3. The van der Waals surface area contributed by atoms with Gasteiger partial charge in [-0.15, -0.1) is 11.8 Å². The van der Waals surface area contributed by atoms with Crippen molar-refractivity contribution in [1.82, 2.24) is 4.90 Å². The second-order valence-electron chi connectivity index (χ2n) is 3.93. The number of aliphatic carboxylic acids is 1. The number of hydrogen-bond acceptors (Lipinski definition) is 5. The van der Waals surface area contributed by atoms with Crippen LogP contribution in [0.3, 0.4) is 0 Å². The molecule has 0 heterocycles. The van der Waals surface area contributed by atoms with Gasteiger partial charge in [-0.2, -0.15) is 0 Å². The third kappa shape index (κ3) is 3.95. The largest absolute Gasteiger partial charge is 0.480 e. The van der Waals surface area contributed by atoms with Crippen molar-refractivity contribution >= 4 is 29.3 Å². The number of nitro groups is 1. The van der Waals surface area contributed by atoms with E-state index in [9.17, 15) is 19.7 Å². The van der Waals surface area contributed by atoms with Crippen molar-refractivity contribution in [2.24, 2.45) is 0 Å². The summed E-state index contributed by atoms with van der Waals surface area (Å²) in [5, 5.41) is 19.5. The summed E-state index contributed by atoms with van der Waals surface area (Å²) in [4.78, 5) is 34.6. The molecule has 108 valence electrons. The molecule has 0 fully saturated rings. The average molecular weight is 298 g/mol. The lowest BCUT2D eigenvalue weighted by Crippen LogP contribution is -2.32. The second-order valence-corrected chi connectivity index (χ2v) is 5.23. The highest BCUT2D eigenvalue weighted by Gasteiger charge is 2.21. The number of likely N-dealkylation sites (N-methyl/N-ethyl adjacent to an activating group) is 1. The lowest BCUT2D eigenvalue weighted by atomic mass is 10.1. The number of carboxylic acids is 1. The standard InChI is InChI=1S/C12H14N2O5S/c1-3-20-10-5-4-8(14(18)19)6-9(10)12(17)13(2)7-11(15)16/h4-6H,3,7H2,1-2H3,(H,15,16). The Kier molecular flexibility index (Phi) is 5.51. The van der Waals surface area contributed by atoms with Gasteiger partial charge >= 0.3 is 5.97 Å². The van der Waals surface area contributed by atoms with Crippen LogP contribution >= 0.6 is 11.8 Å². The molecule has 1 aromatic carbocycles. The molecule has 1 N–H and O–H groups in total. The van der Waals surface area contributed by atoms with E-state index in [0.717, 1.165) is 4.90 Å². The number of nitrogens with zero attached hydrogens (tertiary/aromatic N) is 2. The number of hydrogen-bond donors (Lipinski definition) is 1. The maximum atomic E-state index is 12.2. The summed E-state index contributed by atoms with van der Waals surface area (Å²) in [5.41, 5.74) is -0.0488. The first-order chi connectivity index (χ1) is 9.36. The molecule has 20 heavy (non-hydrogen) atoms. The van der Waals surface area contributed by atoms with Gasteiger partial charge in [-0.3, -0.25) is 19.7 Å². The van der Waals surface area contributed by atoms with Gasteiger partial charge in [-0.1, -0.05) is 6.92 Å². The first-order valence-electron chi connectivity index (χ1n) is 5.75. The van der Waals surface area contributed by atoms with Crippen LogP contribution in [0.25, 0.3) is 0 Å². The molecule has 0 aliphatic heterocycles. The van der Waals surface area contributed by atoms with Crippen molar-refractivity contribution in [3.63, 3.8) is 0 Å². The number of thioether (sulfide) groups is 1. The summed E-state index contributed by atoms with van der Waals surface area (Å²) >= 11 is 1.37. The normalized spacial score (nSPS) is 10.1. The minimum Gasteiger partial charge on any atom is -0.480 e. The van der Waals surface area contributed by atoms with E-state index in [1.165, 1.54) is 37.0 Å². The quantitative estimate of drug-likeness (QED) is 0.489. The molecule has 1 rings (SSSR count). The van der Waals surface area contributed by atoms with Crippen molar-refractivity contribution in [2.75, 3.05) is 19.3 Å². The molecule has 0 radical (unpaired) electrons. The van der Waals surface area contributed by atoms with Crippen LogP contribution in [0, 0.1) is 10.1 Å². The summed E-state index contributed by atoms with van der Waals surface area (Å²) in [7, 11) is 1.34. The molecule has 7 nitrogen and oxygen atoms in total. The van der Waals surface area contributed by atoms with Gasteiger partial charge in [0.2, 0.25) is 0 Å². The maximum absolute atomic E-state index is 12.2. The van der Waals surface area contributed by atoms with E-state index in [1.807, 2.05) is 6.92 Å². The summed E-state index contributed by atoms with van der Waals surface area (Å²) in [5.74, 6) is -0.996. The summed E-state index contributed by atoms with van der Waals surface area (Å²) in [6.45, 7) is 1.43. The number of amides is 1. The molecule has 0 atom stereocenters.